The van der Waals surface area contributed by atoms with Gasteiger partial charge >= 0.3 is 0 Å². The first-order chi connectivity index (χ1) is 12.1. The lowest BCUT2D eigenvalue weighted by atomic mass is 10.0. The molecule has 2 aliphatic heterocycles. The SMILES string of the molecule is C#CCCC1(CCC(=O)N2CCN(C(=O)Cn3cnnn3)CC2)N=N1. The van der Waals surface area contributed by atoms with Crippen LogP contribution in [0.4, 0.5) is 0 Å². The van der Waals surface area contributed by atoms with Gasteiger partial charge in [0.05, 0.1) is 0 Å². The standard InChI is InChI=1S/C15H20N8O2/c1-2-3-5-15(17-18-15)6-4-13(24)21-7-9-22(10-8-21)14(25)11-23-12-16-19-20-23/h1,12H,3-11H2. The summed E-state index contributed by atoms with van der Waals surface area (Å²) in [6.45, 7) is 2.21. The second-order valence-electron chi connectivity index (χ2n) is 6.16. The first kappa shape index (κ1) is 17.0. The summed E-state index contributed by atoms with van der Waals surface area (Å²) in [5.74, 6) is 2.60. The fraction of sp³-hybridized carbons (Fsp3) is 0.667. The molecule has 0 aromatic carbocycles. The lowest BCUT2D eigenvalue weighted by molar-refractivity contribution is -0.140. The maximum absolute atomic E-state index is 12.3. The van der Waals surface area contributed by atoms with Crippen LogP contribution in [0.2, 0.25) is 0 Å². The molecule has 10 nitrogen and oxygen atoms in total. The van der Waals surface area contributed by atoms with E-state index in [1.165, 1.54) is 11.0 Å². The van der Waals surface area contributed by atoms with Crippen LogP contribution in [0.3, 0.4) is 0 Å². The van der Waals surface area contributed by atoms with E-state index in [4.69, 9.17) is 6.42 Å². The molecule has 0 spiro atoms. The van der Waals surface area contributed by atoms with E-state index in [-0.39, 0.29) is 18.4 Å². The van der Waals surface area contributed by atoms with Crippen molar-refractivity contribution in [1.82, 2.24) is 30.0 Å². The average molecular weight is 344 g/mol. The summed E-state index contributed by atoms with van der Waals surface area (Å²) in [4.78, 5) is 28.0. The zero-order valence-corrected chi connectivity index (χ0v) is 13.9. The van der Waals surface area contributed by atoms with Gasteiger partial charge in [0.1, 0.15) is 12.9 Å². The lowest BCUT2D eigenvalue weighted by Gasteiger charge is -2.35. The van der Waals surface area contributed by atoms with Crippen LogP contribution in [0.5, 0.6) is 0 Å². The second-order valence-corrected chi connectivity index (χ2v) is 6.16. The molecule has 2 aliphatic rings. The Bertz CT molecular complexity index is 679. The molecule has 1 saturated heterocycles. The minimum Gasteiger partial charge on any atom is -0.339 e. The number of carbonyl (C=O) groups is 2. The van der Waals surface area contributed by atoms with Gasteiger partial charge in [-0.15, -0.1) is 17.4 Å². The number of tetrazole rings is 1. The quantitative estimate of drug-likeness (QED) is 0.631. The Morgan fingerprint density at radius 1 is 1.08 bits per heavy atom. The van der Waals surface area contributed by atoms with Crippen LogP contribution in [0.15, 0.2) is 16.6 Å². The molecule has 0 atom stereocenters. The van der Waals surface area contributed by atoms with Crippen LogP contribution >= 0.6 is 0 Å². The van der Waals surface area contributed by atoms with Gasteiger partial charge in [0, 0.05) is 51.9 Å². The summed E-state index contributed by atoms with van der Waals surface area (Å²) in [6, 6.07) is 0. The molecule has 0 aliphatic carbocycles. The Hall–Kier alpha value is -2.83. The van der Waals surface area contributed by atoms with Crippen molar-refractivity contribution in [3.05, 3.63) is 6.33 Å². The van der Waals surface area contributed by atoms with Crippen LogP contribution in [0.1, 0.15) is 25.7 Å². The third-order valence-electron chi connectivity index (χ3n) is 4.47. The molecule has 1 aromatic rings. The zero-order valence-electron chi connectivity index (χ0n) is 13.9. The van der Waals surface area contributed by atoms with Crippen molar-refractivity contribution in [2.24, 2.45) is 10.2 Å². The van der Waals surface area contributed by atoms with Crippen molar-refractivity contribution < 1.29 is 9.59 Å². The molecule has 10 heteroatoms. The lowest BCUT2D eigenvalue weighted by Crippen LogP contribution is -2.51. The minimum absolute atomic E-state index is 0.0526. The summed E-state index contributed by atoms with van der Waals surface area (Å²) < 4.78 is 1.39. The minimum atomic E-state index is -0.425. The van der Waals surface area contributed by atoms with Crippen LogP contribution in [-0.2, 0) is 16.1 Å². The van der Waals surface area contributed by atoms with Gasteiger partial charge in [0.2, 0.25) is 11.8 Å². The third kappa shape index (κ3) is 4.37. The number of piperazine rings is 1. The highest BCUT2D eigenvalue weighted by atomic mass is 16.2. The van der Waals surface area contributed by atoms with E-state index in [1.54, 1.807) is 9.80 Å². The van der Waals surface area contributed by atoms with Crippen molar-refractivity contribution in [2.45, 2.75) is 37.9 Å². The van der Waals surface area contributed by atoms with Crippen molar-refractivity contribution >= 4 is 11.8 Å². The fourth-order valence-electron chi connectivity index (χ4n) is 2.83. The summed E-state index contributed by atoms with van der Waals surface area (Å²) in [5, 5.41) is 18.8. The van der Waals surface area contributed by atoms with Gasteiger partial charge in [-0.1, -0.05) is 0 Å². The Morgan fingerprint density at radius 2 is 1.76 bits per heavy atom. The molecule has 132 valence electrons. The summed E-state index contributed by atoms with van der Waals surface area (Å²) >= 11 is 0. The van der Waals surface area contributed by atoms with Crippen molar-refractivity contribution in [3.63, 3.8) is 0 Å². The van der Waals surface area contributed by atoms with E-state index in [9.17, 15) is 9.59 Å². The predicted octanol–water partition coefficient (Wildman–Crippen LogP) is -0.300. The van der Waals surface area contributed by atoms with Crippen LogP contribution < -0.4 is 0 Å². The number of amides is 2. The molecule has 2 amide bonds. The summed E-state index contributed by atoms with van der Waals surface area (Å²) in [5.41, 5.74) is -0.425. The van der Waals surface area contributed by atoms with Crippen LogP contribution in [0, 0.1) is 12.3 Å². The molecule has 25 heavy (non-hydrogen) atoms. The highest BCUT2D eigenvalue weighted by molar-refractivity contribution is 5.78. The average Bonchev–Trinajstić information content (AvgIpc) is 3.23. The van der Waals surface area contributed by atoms with Gasteiger partial charge in [-0.05, 0) is 10.4 Å². The van der Waals surface area contributed by atoms with Gasteiger partial charge in [-0.25, -0.2) is 4.68 Å². The molecule has 0 saturated carbocycles. The Balaban J connectivity index is 1.39. The molecule has 3 rings (SSSR count). The van der Waals surface area contributed by atoms with E-state index in [1.807, 2.05) is 0 Å². The number of hydrogen-bond acceptors (Lipinski definition) is 7. The molecule has 1 fully saturated rings. The number of nitrogens with zero attached hydrogens (tertiary/aromatic N) is 8. The largest absolute Gasteiger partial charge is 0.339 e. The van der Waals surface area contributed by atoms with Crippen LogP contribution in [0.25, 0.3) is 0 Å². The van der Waals surface area contributed by atoms with Crippen molar-refractivity contribution in [1.29, 1.82) is 0 Å². The van der Waals surface area contributed by atoms with E-state index >= 15 is 0 Å². The number of terminal acetylenes is 1. The number of carbonyl (C=O) groups excluding carboxylic acids is 2. The predicted molar refractivity (Wildman–Crippen MR) is 85.9 cm³/mol. The molecule has 0 N–H and O–H groups in total. The van der Waals surface area contributed by atoms with Gasteiger partial charge in [-0.2, -0.15) is 10.2 Å². The molecule has 1 aromatic heterocycles. The normalized spacial score (nSPS) is 18.0. The maximum atomic E-state index is 12.3. The zero-order chi connectivity index (χ0) is 17.7. The van der Waals surface area contributed by atoms with Crippen molar-refractivity contribution in [2.75, 3.05) is 26.2 Å². The first-order valence-electron chi connectivity index (χ1n) is 8.26. The fourth-order valence-corrected chi connectivity index (χ4v) is 2.83. The molecule has 0 bridgehead atoms. The van der Waals surface area contributed by atoms with E-state index in [2.05, 4.69) is 31.7 Å². The monoisotopic (exact) mass is 344 g/mol. The first-order valence-corrected chi connectivity index (χ1v) is 8.26. The second kappa shape index (κ2) is 7.38. The van der Waals surface area contributed by atoms with Gasteiger partial charge in [0.15, 0.2) is 5.66 Å². The Kier molecular flexibility index (Phi) is 5.02. The molecule has 0 unspecified atom stereocenters. The highest BCUT2D eigenvalue weighted by Gasteiger charge is 2.39. The number of aromatic nitrogens is 4. The van der Waals surface area contributed by atoms with Gasteiger partial charge in [-0.3, -0.25) is 9.59 Å². The van der Waals surface area contributed by atoms with Gasteiger partial charge < -0.3 is 9.80 Å². The topological polar surface area (TPSA) is 109 Å². The molecular formula is C15H20N8O2. The smallest absolute Gasteiger partial charge is 0.244 e. The van der Waals surface area contributed by atoms with E-state index in [0.29, 0.717) is 51.9 Å². The Labute approximate surface area is 145 Å². The van der Waals surface area contributed by atoms with E-state index < -0.39 is 5.66 Å². The summed E-state index contributed by atoms with van der Waals surface area (Å²) in [6.07, 6.45) is 8.99. The van der Waals surface area contributed by atoms with Gasteiger partial charge in [0.25, 0.3) is 0 Å². The number of rotatable bonds is 7. The van der Waals surface area contributed by atoms with Crippen LogP contribution in [-0.4, -0.2) is 73.7 Å². The van der Waals surface area contributed by atoms with Crippen molar-refractivity contribution in [3.8, 4) is 12.3 Å². The molecule has 3 heterocycles. The molecular weight excluding hydrogens is 324 g/mol. The highest BCUT2D eigenvalue weighted by Crippen LogP contribution is 2.37. The third-order valence-corrected chi connectivity index (χ3v) is 4.47. The maximum Gasteiger partial charge on any atom is 0.244 e. The summed E-state index contributed by atoms with van der Waals surface area (Å²) in [7, 11) is 0. The number of hydrogen-bond donors (Lipinski definition) is 0. The van der Waals surface area contributed by atoms with E-state index in [0.717, 1.165) is 0 Å². The Morgan fingerprint density at radius 3 is 2.32 bits per heavy atom. The molecule has 0 radical (unpaired) electrons.